The van der Waals surface area contributed by atoms with Gasteiger partial charge in [-0.25, -0.2) is 0 Å². The Labute approximate surface area is 183 Å². The van der Waals surface area contributed by atoms with Crippen LogP contribution in [0.5, 0.6) is 0 Å². The van der Waals surface area contributed by atoms with Crippen LogP contribution in [0.3, 0.4) is 0 Å². The van der Waals surface area contributed by atoms with Gasteiger partial charge in [-0.05, 0) is 30.9 Å². The largest absolute Gasteiger partial charge is 0.362 e. The lowest BCUT2D eigenvalue weighted by Crippen LogP contribution is -2.44. The summed E-state index contributed by atoms with van der Waals surface area (Å²) in [4.78, 5) is 17.1. The van der Waals surface area contributed by atoms with Gasteiger partial charge in [0.05, 0.1) is 13.1 Å². The van der Waals surface area contributed by atoms with E-state index in [-0.39, 0.29) is 30.7 Å². The summed E-state index contributed by atoms with van der Waals surface area (Å²) in [6.07, 6.45) is 3.00. The number of nitrogens with one attached hydrogen (secondary N) is 1. The van der Waals surface area contributed by atoms with Crippen LogP contribution in [-0.4, -0.2) is 58.3 Å². The van der Waals surface area contributed by atoms with Crippen LogP contribution in [0.1, 0.15) is 36.0 Å². The average molecular weight is 439 g/mol. The fraction of sp³-hybridized carbons (Fsp3) is 0.550. The molecular formula is C20H28Cl2N6O. The lowest BCUT2D eigenvalue weighted by molar-refractivity contribution is -0.130. The van der Waals surface area contributed by atoms with Crippen molar-refractivity contribution in [2.75, 3.05) is 37.6 Å². The molecule has 3 aliphatic heterocycles. The number of benzene rings is 1. The third kappa shape index (κ3) is 4.22. The highest BCUT2D eigenvalue weighted by Gasteiger charge is 2.30. The van der Waals surface area contributed by atoms with Gasteiger partial charge in [-0.1, -0.05) is 18.2 Å². The van der Waals surface area contributed by atoms with Gasteiger partial charge in [0.15, 0.2) is 0 Å². The third-order valence-electron chi connectivity index (χ3n) is 6.17. The number of anilines is 1. The zero-order chi connectivity index (χ0) is 18.2. The minimum Gasteiger partial charge on any atom is -0.362 e. The summed E-state index contributed by atoms with van der Waals surface area (Å²) >= 11 is 0. The third-order valence-corrected chi connectivity index (χ3v) is 6.17. The Hall–Kier alpha value is -1.83. The van der Waals surface area contributed by atoms with Crippen LogP contribution in [0.15, 0.2) is 24.3 Å². The van der Waals surface area contributed by atoms with E-state index in [1.165, 1.54) is 11.3 Å². The van der Waals surface area contributed by atoms with Gasteiger partial charge in [-0.2, -0.15) is 0 Å². The number of aromatic nitrogens is 3. The number of carbonyl (C=O) groups is 1. The Morgan fingerprint density at radius 2 is 1.86 bits per heavy atom. The Morgan fingerprint density at radius 1 is 1.07 bits per heavy atom. The fourth-order valence-electron chi connectivity index (χ4n) is 4.64. The van der Waals surface area contributed by atoms with Crippen molar-refractivity contribution in [1.29, 1.82) is 0 Å². The van der Waals surface area contributed by atoms with Crippen LogP contribution < -0.4 is 10.2 Å². The Kier molecular flexibility index (Phi) is 7.03. The minimum atomic E-state index is 0. The Bertz CT molecular complexity index is 849. The minimum absolute atomic E-state index is 0. The highest BCUT2D eigenvalue weighted by atomic mass is 35.5. The Balaban J connectivity index is 0.00000120. The second-order valence-electron chi connectivity index (χ2n) is 7.76. The summed E-state index contributed by atoms with van der Waals surface area (Å²) in [6.45, 7) is 5.81. The summed E-state index contributed by atoms with van der Waals surface area (Å²) < 4.78 is 2.28. The molecule has 1 aromatic carbocycles. The van der Waals surface area contributed by atoms with Crippen molar-refractivity contribution in [3.63, 3.8) is 0 Å². The maximum Gasteiger partial charge on any atom is 0.242 e. The van der Waals surface area contributed by atoms with Gasteiger partial charge in [-0.3, -0.25) is 4.79 Å². The molecule has 1 amide bonds. The van der Waals surface area contributed by atoms with Crippen molar-refractivity contribution in [1.82, 2.24) is 25.0 Å². The predicted molar refractivity (Wildman–Crippen MR) is 117 cm³/mol. The van der Waals surface area contributed by atoms with Crippen LogP contribution >= 0.6 is 24.8 Å². The number of fused-ring (bicyclic) bond motifs is 2. The van der Waals surface area contributed by atoms with E-state index in [0.29, 0.717) is 12.5 Å². The molecule has 0 aliphatic carbocycles. The van der Waals surface area contributed by atoms with Crippen molar-refractivity contribution < 1.29 is 4.79 Å². The zero-order valence-electron chi connectivity index (χ0n) is 16.4. The average Bonchev–Trinajstić information content (AvgIpc) is 3.33. The molecule has 0 radical (unpaired) electrons. The van der Waals surface area contributed by atoms with E-state index in [1.54, 1.807) is 0 Å². The Morgan fingerprint density at radius 3 is 2.69 bits per heavy atom. The maximum absolute atomic E-state index is 12.8. The van der Waals surface area contributed by atoms with E-state index in [4.69, 9.17) is 0 Å². The van der Waals surface area contributed by atoms with Crippen molar-refractivity contribution >= 4 is 36.4 Å². The lowest BCUT2D eigenvalue weighted by atomic mass is 9.95. The first-order chi connectivity index (χ1) is 13.3. The molecule has 0 bridgehead atoms. The van der Waals surface area contributed by atoms with Crippen molar-refractivity contribution in [3.8, 4) is 0 Å². The van der Waals surface area contributed by atoms with Gasteiger partial charge in [0, 0.05) is 44.3 Å². The first kappa shape index (κ1) is 21.9. The molecule has 1 N–H and O–H groups in total. The van der Waals surface area contributed by atoms with E-state index in [9.17, 15) is 4.79 Å². The molecule has 9 heteroatoms. The summed E-state index contributed by atoms with van der Waals surface area (Å²) in [7, 11) is 0. The standard InChI is InChI=1S/C20H26N6O.2ClH/c27-19(14-25-11-5-15-3-1-2-4-17(15)25)24-9-6-16(7-10-24)20-23-22-18-13-21-8-12-26(18)20;;/h1-4,16,21H,5-14H2;2*1H. The van der Waals surface area contributed by atoms with Gasteiger partial charge in [0.25, 0.3) is 0 Å². The molecule has 29 heavy (non-hydrogen) atoms. The van der Waals surface area contributed by atoms with Crippen LogP contribution in [0.2, 0.25) is 0 Å². The van der Waals surface area contributed by atoms with Gasteiger partial charge < -0.3 is 19.7 Å². The first-order valence-electron chi connectivity index (χ1n) is 10.0. The summed E-state index contributed by atoms with van der Waals surface area (Å²) in [5.41, 5.74) is 2.58. The van der Waals surface area contributed by atoms with Crippen molar-refractivity contribution in [2.24, 2.45) is 0 Å². The van der Waals surface area contributed by atoms with Crippen LogP contribution in [0.25, 0.3) is 0 Å². The molecule has 3 aliphatic rings. The molecule has 7 nitrogen and oxygen atoms in total. The van der Waals surface area contributed by atoms with E-state index in [2.05, 4.69) is 49.2 Å². The quantitative estimate of drug-likeness (QED) is 0.793. The number of hydrogen-bond donors (Lipinski definition) is 1. The number of piperidine rings is 1. The topological polar surface area (TPSA) is 66.3 Å². The number of amides is 1. The van der Waals surface area contributed by atoms with Gasteiger partial charge >= 0.3 is 0 Å². The molecule has 0 unspecified atom stereocenters. The highest BCUT2D eigenvalue weighted by Crippen LogP contribution is 2.30. The van der Waals surface area contributed by atoms with Crippen LogP contribution in [0.4, 0.5) is 5.69 Å². The van der Waals surface area contributed by atoms with Gasteiger partial charge in [0.2, 0.25) is 5.91 Å². The number of likely N-dealkylation sites (tertiary alicyclic amines) is 1. The van der Waals surface area contributed by atoms with Gasteiger partial charge in [0.1, 0.15) is 11.6 Å². The van der Waals surface area contributed by atoms with Crippen LogP contribution in [0, 0.1) is 0 Å². The number of hydrogen-bond acceptors (Lipinski definition) is 5. The molecular weight excluding hydrogens is 411 g/mol. The molecule has 1 fully saturated rings. The molecule has 1 aromatic heterocycles. The molecule has 4 heterocycles. The summed E-state index contributed by atoms with van der Waals surface area (Å²) in [6, 6.07) is 8.43. The number of para-hydroxylation sites is 1. The van der Waals surface area contributed by atoms with E-state index >= 15 is 0 Å². The SMILES string of the molecule is Cl.Cl.O=C(CN1CCc2ccccc21)N1CCC(c2nnc3n2CCNC3)CC1. The molecule has 0 atom stereocenters. The number of carbonyl (C=O) groups excluding carboxylic acids is 1. The molecule has 2 aromatic rings. The first-order valence-corrected chi connectivity index (χ1v) is 10.0. The van der Waals surface area contributed by atoms with Gasteiger partial charge in [-0.15, -0.1) is 35.0 Å². The zero-order valence-corrected chi connectivity index (χ0v) is 18.1. The molecule has 0 spiro atoms. The smallest absolute Gasteiger partial charge is 0.242 e. The van der Waals surface area contributed by atoms with E-state index in [0.717, 1.165) is 70.2 Å². The van der Waals surface area contributed by atoms with Crippen LogP contribution in [-0.2, 0) is 24.3 Å². The fourth-order valence-corrected chi connectivity index (χ4v) is 4.64. The summed E-state index contributed by atoms with van der Waals surface area (Å²) in [5, 5.41) is 12.1. The number of rotatable bonds is 3. The lowest BCUT2D eigenvalue weighted by Gasteiger charge is -2.33. The number of nitrogens with zero attached hydrogens (tertiary/aromatic N) is 5. The second-order valence-corrected chi connectivity index (χ2v) is 7.76. The molecule has 0 saturated carbocycles. The van der Waals surface area contributed by atoms with Crippen molar-refractivity contribution in [3.05, 3.63) is 41.5 Å². The van der Waals surface area contributed by atoms with Crippen molar-refractivity contribution in [2.45, 2.75) is 38.3 Å². The number of halogens is 2. The highest BCUT2D eigenvalue weighted by molar-refractivity contribution is 5.85. The van der Waals surface area contributed by atoms with E-state index < -0.39 is 0 Å². The monoisotopic (exact) mass is 438 g/mol. The predicted octanol–water partition coefficient (Wildman–Crippen LogP) is 1.99. The normalized spacial score (nSPS) is 18.5. The van der Waals surface area contributed by atoms with E-state index in [1.807, 2.05) is 4.90 Å². The second kappa shape index (κ2) is 9.32. The molecule has 158 valence electrons. The molecule has 5 rings (SSSR count). The molecule has 1 saturated heterocycles. The maximum atomic E-state index is 12.8. The summed E-state index contributed by atoms with van der Waals surface area (Å²) in [5.74, 6) is 2.83.